The second kappa shape index (κ2) is 7.32. The van der Waals surface area contributed by atoms with Gasteiger partial charge in [0.15, 0.2) is 0 Å². The molecule has 128 valence electrons. The molecule has 2 saturated heterocycles. The average Bonchev–Trinajstić information content (AvgIpc) is 3.16. The Balaban J connectivity index is 1.50. The normalized spacial score (nSPS) is 19.1. The zero-order chi connectivity index (χ0) is 16.2. The molecule has 2 fully saturated rings. The molecular weight excluding hydrogens is 302 g/mol. The van der Waals surface area contributed by atoms with E-state index in [4.69, 9.17) is 14.7 Å². The van der Waals surface area contributed by atoms with Crippen molar-refractivity contribution < 1.29 is 4.74 Å². The molecule has 0 aliphatic carbocycles. The van der Waals surface area contributed by atoms with Gasteiger partial charge in [-0.15, -0.1) is 0 Å². The van der Waals surface area contributed by atoms with E-state index in [9.17, 15) is 0 Å². The van der Waals surface area contributed by atoms with Gasteiger partial charge in [-0.25, -0.2) is 4.98 Å². The number of aromatic nitrogens is 2. The fourth-order valence-corrected chi connectivity index (χ4v) is 3.46. The van der Waals surface area contributed by atoms with E-state index in [1.165, 1.54) is 12.8 Å². The van der Waals surface area contributed by atoms with Gasteiger partial charge >= 0.3 is 0 Å². The predicted octanol–water partition coefficient (Wildman–Crippen LogP) is 1.97. The molecule has 24 heavy (non-hydrogen) atoms. The van der Waals surface area contributed by atoms with Gasteiger partial charge in [-0.3, -0.25) is 4.90 Å². The molecule has 2 aliphatic rings. The molecule has 1 N–H and O–H groups in total. The lowest BCUT2D eigenvalue weighted by Gasteiger charge is -2.26. The summed E-state index contributed by atoms with van der Waals surface area (Å²) in [6.07, 6.45) is 2.50. The van der Waals surface area contributed by atoms with Crippen molar-refractivity contribution in [3.05, 3.63) is 24.3 Å². The van der Waals surface area contributed by atoms with E-state index in [1.54, 1.807) is 0 Å². The highest BCUT2D eigenvalue weighted by molar-refractivity contribution is 5.90. The molecule has 4 rings (SSSR count). The standard InChI is InChI=1S/C18H25N5O/c1-2-6-16-15(5-1)17(23-8-3-4-9-23)21-18(20-16)19-7-10-22-11-13-24-14-12-22/h1-2,5-6H,3-4,7-14H2,(H,19,20,21). The van der Waals surface area contributed by atoms with Gasteiger partial charge in [0.25, 0.3) is 0 Å². The van der Waals surface area contributed by atoms with E-state index in [2.05, 4.69) is 33.3 Å². The maximum absolute atomic E-state index is 5.39. The molecule has 3 heterocycles. The van der Waals surface area contributed by atoms with E-state index in [0.717, 1.165) is 75.2 Å². The van der Waals surface area contributed by atoms with Crippen molar-refractivity contribution in [3.63, 3.8) is 0 Å². The first-order chi connectivity index (χ1) is 11.9. The lowest BCUT2D eigenvalue weighted by molar-refractivity contribution is 0.0398. The van der Waals surface area contributed by atoms with Crippen molar-refractivity contribution in [1.29, 1.82) is 0 Å². The van der Waals surface area contributed by atoms with E-state index in [-0.39, 0.29) is 0 Å². The smallest absolute Gasteiger partial charge is 0.225 e. The molecule has 0 atom stereocenters. The van der Waals surface area contributed by atoms with Crippen LogP contribution in [0.4, 0.5) is 11.8 Å². The number of fused-ring (bicyclic) bond motifs is 1. The first-order valence-electron chi connectivity index (χ1n) is 8.96. The van der Waals surface area contributed by atoms with E-state index in [0.29, 0.717) is 0 Å². The van der Waals surface area contributed by atoms with Crippen LogP contribution in [0.25, 0.3) is 10.9 Å². The molecule has 1 aromatic carbocycles. The third-order valence-corrected chi connectivity index (χ3v) is 4.80. The molecule has 6 heteroatoms. The predicted molar refractivity (Wildman–Crippen MR) is 96.7 cm³/mol. The molecule has 0 spiro atoms. The maximum Gasteiger partial charge on any atom is 0.225 e. The lowest BCUT2D eigenvalue weighted by atomic mass is 10.2. The van der Waals surface area contributed by atoms with Crippen LogP contribution in [0.2, 0.25) is 0 Å². The Labute approximate surface area is 142 Å². The Morgan fingerprint density at radius 1 is 1.00 bits per heavy atom. The summed E-state index contributed by atoms with van der Waals surface area (Å²) in [5.41, 5.74) is 1.02. The van der Waals surface area contributed by atoms with Crippen molar-refractivity contribution in [2.75, 3.05) is 62.7 Å². The van der Waals surface area contributed by atoms with Gasteiger partial charge in [0.1, 0.15) is 5.82 Å². The Kier molecular flexibility index (Phi) is 4.76. The average molecular weight is 327 g/mol. The summed E-state index contributed by atoms with van der Waals surface area (Å²) in [7, 11) is 0. The third-order valence-electron chi connectivity index (χ3n) is 4.80. The van der Waals surface area contributed by atoms with Gasteiger partial charge in [-0.2, -0.15) is 4.98 Å². The summed E-state index contributed by atoms with van der Waals surface area (Å²) in [6, 6.07) is 8.31. The summed E-state index contributed by atoms with van der Waals surface area (Å²) in [4.78, 5) is 14.3. The van der Waals surface area contributed by atoms with E-state index >= 15 is 0 Å². The van der Waals surface area contributed by atoms with Crippen molar-refractivity contribution in [3.8, 4) is 0 Å². The van der Waals surface area contributed by atoms with Crippen LogP contribution in [0.1, 0.15) is 12.8 Å². The van der Waals surface area contributed by atoms with E-state index in [1.807, 2.05) is 6.07 Å². The Morgan fingerprint density at radius 3 is 2.62 bits per heavy atom. The summed E-state index contributed by atoms with van der Waals surface area (Å²) >= 11 is 0. The Morgan fingerprint density at radius 2 is 1.79 bits per heavy atom. The number of benzene rings is 1. The van der Waals surface area contributed by atoms with Gasteiger partial charge in [0.05, 0.1) is 18.7 Å². The molecule has 0 saturated carbocycles. The van der Waals surface area contributed by atoms with Gasteiger partial charge in [-0.05, 0) is 25.0 Å². The Hall–Kier alpha value is -1.92. The summed E-state index contributed by atoms with van der Waals surface area (Å²) in [6.45, 7) is 7.74. The molecule has 2 aliphatic heterocycles. The molecule has 0 unspecified atom stereocenters. The second-order valence-corrected chi connectivity index (χ2v) is 6.46. The summed E-state index contributed by atoms with van der Waals surface area (Å²) in [5.74, 6) is 1.82. The number of nitrogens with one attached hydrogen (secondary N) is 1. The molecule has 1 aromatic heterocycles. The van der Waals surface area contributed by atoms with Gasteiger partial charge in [0.2, 0.25) is 5.95 Å². The topological polar surface area (TPSA) is 53.5 Å². The third kappa shape index (κ3) is 3.44. The molecule has 0 bridgehead atoms. The molecule has 6 nitrogen and oxygen atoms in total. The fourth-order valence-electron chi connectivity index (χ4n) is 3.46. The van der Waals surface area contributed by atoms with Crippen LogP contribution >= 0.6 is 0 Å². The zero-order valence-electron chi connectivity index (χ0n) is 14.1. The number of hydrogen-bond donors (Lipinski definition) is 1. The van der Waals surface area contributed by atoms with Gasteiger partial charge in [0, 0.05) is 44.7 Å². The van der Waals surface area contributed by atoms with E-state index < -0.39 is 0 Å². The number of para-hydroxylation sites is 1. The molecule has 0 amide bonds. The van der Waals surface area contributed by atoms with Gasteiger partial charge in [-0.1, -0.05) is 12.1 Å². The van der Waals surface area contributed by atoms with Crippen LogP contribution < -0.4 is 10.2 Å². The van der Waals surface area contributed by atoms with Crippen LogP contribution in [0.3, 0.4) is 0 Å². The second-order valence-electron chi connectivity index (χ2n) is 6.46. The summed E-state index contributed by atoms with van der Waals surface area (Å²) in [5, 5.41) is 4.57. The first-order valence-corrected chi connectivity index (χ1v) is 8.96. The van der Waals surface area contributed by atoms with Crippen molar-refractivity contribution in [2.24, 2.45) is 0 Å². The van der Waals surface area contributed by atoms with Crippen molar-refractivity contribution in [2.45, 2.75) is 12.8 Å². The maximum atomic E-state index is 5.39. The SMILES string of the molecule is c1ccc2c(N3CCCC3)nc(NCCN3CCOCC3)nc2c1. The number of rotatable bonds is 5. The van der Waals surface area contributed by atoms with Crippen LogP contribution in [0, 0.1) is 0 Å². The van der Waals surface area contributed by atoms with Crippen LogP contribution in [-0.2, 0) is 4.74 Å². The van der Waals surface area contributed by atoms with Crippen molar-refractivity contribution >= 4 is 22.7 Å². The highest BCUT2D eigenvalue weighted by atomic mass is 16.5. The fraction of sp³-hybridized carbons (Fsp3) is 0.556. The lowest BCUT2D eigenvalue weighted by Crippen LogP contribution is -2.39. The van der Waals surface area contributed by atoms with Crippen LogP contribution in [0.15, 0.2) is 24.3 Å². The largest absolute Gasteiger partial charge is 0.379 e. The minimum atomic E-state index is 0.740. The number of ether oxygens (including phenoxy) is 1. The molecular formula is C18H25N5O. The highest BCUT2D eigenvalue weighted by Gasteiger charge is 2.18. The van der Waals surface area contributed by atoms with Gasteiger partial charge < -0.3 is 15.0 Å². The number of anilines is 2. The minimum Gasteiger partial charge on any atom is -0.379 e. The zero-order valence-corrected chi connectivity index (χ0v) is 14.1. The first kappa shape index (κ1) is 15.6. The monoisotopic (exact) mass is 327 g/mol. The van der Waals surface area contributed by atoms with Crippen LogP contribution in [0.5, 0.6) is 0 Å². The Bertz CT molecular complexity index is 680. The number of nitrogens with zero attached hydrogens (tertiary/aromatic N) is 4. The van der Waals surface area contributed by atoms with Crippen LogP contribution in [-0.4, -0.2) is 67.4 Å². The number of morpholine rings is 1. The molecule has 0 radical (unpaired) electrons. The quantitative estimate of drug-likeness (QED) is 0.906. The highest BCUT2D eigenvalue weighted by Crippen LogP contribution is 2.27. The molecule has 2 aromatic rings. The minimum absolute atomic E-state index is 0.740. The van der Waals surface area contributed by atoms with Crippen molar-refractivity contribution in [1.82, 2.24) is 14.9 Å². The summed E-state index contributed by atoms with van der Waals surface area (Å²) < 4.78 is 5.39. The number of hydrogen-bond acceptors (Lipinski definition) is 6.